The highest BCUT2D eigenvalue weighted by Gasteiger charge is 2.33. The highest BCUT2D eigenvalue weighted by Crippen LogP contribution is 2.43. The molecule has 0 saturated heterocycles. The number of aryl methyl sites for hydroxylation is 1. The van der Waals surface area contributed by atoms with Crippen LogP contribution in [0.3, 0.4) is 0 Å². The fourth-order valence-corrected chi connectivity index (χ4v) is 6.43. The number of benzene rings is 3. The standard InChI is InChI=1S/C25H28NO2P/c1-3-5-12-20-17-18-23(25(27)26-4-2)24(19-20)29(28,21-13-8-6-9-14-21)22-15-10-7-11-16-22/h6-11,13-19H,3-5,12H2,1-2H3,(H,26,27). The number of unbranched alkanes of at least 4 members (excludes halogenated alkanes) is 1. The Morgan fingerprint density at radius 3 is 1.97 bits per heavy atom. The number of hydrogen-bond acceptors (Lipinski definition) is 2. The molecule has 3 aromatic carbocycles. The van der Waals surface area contributed by atoms with Crippen LogP contribution in [0.25, 0.3) is 0 Å². The van der Waals surface area contributed by atoms with Crippen LogP contribution < -0.4 is 21.2 Å². The van der Waals surface area contributed by atoms with E-state index in [4.69, 9.17) is 0 Å². The summed E-state index contributed by atoms with van der Waals surface area (Å²) in [5, 5.41) is 4.98. The van der Waals surface area contributed by atoms with Crippen LogP contribution in [0, 0.1) is 0 Å². The third-order valence-corrected chi connectivity index (χ3v) is 8.14. The van der Waals surface area contributed by atoms with Crippen molar-refractivity contribution in [3.05, 3.63) is 90.0 Å². The van der Waals surface area contributed by atoms with Gasteiger partial charge < -0.3 is 9.88 Å². The predicted octanol–water partition coefficient (Wildman–Crippen LogP) is 4.42. The first-order valence-corrected chi connectivity index (χ1v) is 11.9. The zero-order valence-electron chi connectivity index (χ0n) is 17.1. The van der Waals surface area contributed by atoms with E-state index in [-0.39, 0.29) is 5.91 Å². The molecule has 29 heavy (non-hydrogen) atoms. The number of carbonyl (C=O) groups is 1. The summed E-state index contributed by atoms with van der Waals surface area (Å²) in [6.07, 6.45) is 3.05. The Hall–Kier alpha value is -2.64. The highest BCUT2D eigenvalue weighted by atomic mass is 31.2. The zero-order chi connectivity index (χ0) is 20.7. The molecule has 0 aliphatic carbocycles. The molecular formula is C25H28NO2P. The van der Waals surface area contributed by atoms with Gasteiger partial charge >= 0.3 is 0 Å². The average molecular weight is 405 g/mol. The number of rotatable bonds is 8. The number of hydrogen-bond donors (Lipinski definition) is 1. The van der Waals surface area contributed by atoms with E-state index in [0.29, 0.717) is 17.4 Å². The zero-order valence-corrected chi connectivity index (χ0v) is 18.0. The van der Waals surface area contributed by atoms with Gasteiger partial charge in [0.2, 0.25) is 0 Å². The summed E-state index contributed by atoms with van der Waals surface area (Å²) < 4.78 is 14.8. The lowest BCUT2D eigenvalue weighted by atomic mass is 10.1. The van der Waals surface area contributed by atoms with Crippen LogP contribution in [0.1, 0.15) is 42.6 Å². The van der Waals surface area contributed by atoms with Crippen molar-refractivity contribution in [3.63, 3.8) is 0 Å². The smallest absolute Gasteiger partial charge is 0.252 e. The molecule has 3 aromatic rings. The summed E-state index contributed by atoms with van der Waals surface area (Å²) >= 11 is 0. The summed E-state index contributed by atoms with van der Waals surface area (Å²) in [6, 6.07) is 24.8. The van der Waals surface area contributed by atoms with Gasteiger partial charge in [-0.2, -0.15) is 0 Å². The van der Waals surface area contributed by atoms with Crippen LogP contribution in [0.4, 0.5) is 0 Å². The summed E-state index contributed by atoms with van der Waals surface area (Å²) in [7, 11) is -3.21. The van der Waals surface area contributed by atoms with Crippen molar-refractivity contribution in [2.45, 2.75) is 33.1 Å². The van der Waals surface area contributed by atoms with E-state index < -0.39 is 7.14 Å². The molecule has 0 fully saturated rings. The van der Waals surface area contributed by atoms with Crippen molar-refractivity contribution in [3.8, 4) is 0 Å². The molecule has 0 aromatic heterocycles. The Morgan fingerprint density at radius 2 is 1.45 bits per heavy atom. The van der Waals surface area contributed by atoms with Crippen LogP contribution in [-0.4, -0.2) is 12.5 Å². The van der Waals surface area contributed by atoms with Gasteiger partial charge in [0.05, 0.1) is 5.56 Å². The molecular weight excluding hydrogens is 377 g/mol. The van der Waals surface area contributed by atoms with Crippen LogP contribution in [0.2, 0.25) is 0 Å². The minimum absolute atomic E-state index is 0.184. The van der Waals surface area contributed by atoms with Gasteiger partial charge in [0.15, 0.2) is 7.14 Å². The van der Waals surface area contributed by atoms with Gasteiger partial charge in [0.1, 0.15) is 0 Å². The lowest BCUT2D eigenvalue weighted by molar-refractivity contribution is 0.0957. The minimum atomic E-state index is -3.21. The fraction of sp³-hybridized carbons (Fsp3) is 0.240. The molecule has 150 valence electrons. The Kier molecular flexibility index (Phi) is 7.06. The maximum absolute atomic E-state index is 14.8. The lowest BCUT2D eigenvalue weighted by Gasteiger charge is -2.23. The Labute approximate surface area is 173 Å². The van der Waals surface area contributed by atoms with Crippen molar-refractivity contribution in [2.24, 2.45) is 0 Å². The molecule has 0 aliphatic rings. The summed E-state index contributed by atoms with van der Waals surface area (Å²) in [6.45, 7) is 4.57. The highest BCUT2D eigenvalue weighted by molar-refractivity contribution is 7.85. The lowest BCUT2D eigenvalue weighted by Crippen LogP contribution is -2.33. The molecule has 0 heterocycles. The average Bonchev–Trinajstić information content (AvgIpc) is 2.78. The van der Waals surface area contributed by atoms with Crippen molar-refractivity contribution >= 4 is 29.0 Å². The first-order valence-electron chi connectivity index (χ1n) is 10.2. The molecule has 3 rings (SSSR count). The second-order valence-corrected chi connectivity index (χ2v) is 9.83. The molecule has 0 atom stereocenters. The second-order valence-electron chi connectivity index (χ2n) is 7.09. The predicted molar refractivity (Wildman–Crippen MR) is 122 cm³/mol. The van der Waals surface area contributed by atoms with E-state index in [1.165, 1.54) is 0 Å². The van der Waals surface area contributed by atoms with Gasteiger partial charge in [-0.1, -0.05) is 80.1 Å². The van der Waals surface area contributed by atoms with Crippen molar-refractivity contribution < 1.29 is 9.36 Å². The fourth-order valence-electron chi connectivity index (χ4n) is 3.53. The molecule has 3 nitrogen and oxygen atoms in total. The Bertz CT molecular complexity index is 956. The summed E-state index contributed by atoms with van der Waals surface area (Å²) in [4.78, 5) is 12.9. The normalized spacial score (nSPS) is 11.2. The topological polar surface area (TPSA) is 46.2 Å². The maximum Gasteiger partial charge on any atom is 0.252 e. The van der Waals surface area contributed by atoms with Crippen molar-refractivity contribution in [2.75, 3.05) is 6.54 Å². The molecule has 1 N–H and O–H groups in total. The number of carbonyl (C=O) groups excluding carboxylic acids is 1. The van der Waals surface area contributed by atoms with Gasteiger partial charge in [-0.3, -0.25) is 4.79 Å². The quantitative estimate of drug-likeness (QED) is 0.564. The monoisotopic (exact) mass is 405 g/mol. The molecule has 0 unspecified atom stereocenters. The van der Waals surface area contributed by atoms with Crippen LogP contribution in [0.5, 0.6) is 0 Å². The molecule has 0 bridgehead atoms. The van der Waals surface area contributed by atoms with Crippen molar-refractivity contribution in [1.29, 1.82) is 0 Å². The SMILES string of the molecule is CCCCc1ccc(C(=O)NCC)c(P(=O)(c2ccccc2)c2ccccc2)c1. The van der Waals surface area contributed by atoms with E-state index in [9.17, 15) is 9.36 Å². The van der Waals surface area contributed by atoms with Gasteiger partial charge in [0.25, 0.3) is 5.91 Å². The van der Waals surface area contributed by atoms with Crippen LogP contribution in [0.15, 0.2) is 78.9 Å². The number of amides is 1. The van der Waals surface area contributed by atoms with Crippen molar-refractivity contribution in [1.82, 2.24) is 5.32 Å². The maximum atomic E-state index is 14.8. The summed E-state index contributed by atoms with van der Waals surface area (Å²) in [5.74, 6) is -0.184. The van der Waals surface area contributed by atoms with Gasteiger partial charge in [-0.25, -0.2) is 0 Å². The van der Waals surface area contributed by atoms with Crippen LogP contribution in [-0.2, 0) is 11.0 Å². The van der Waals surface area contributed by atoms with Gasteiger partial charge in [0, 0.05) is 22.5 Å². The largest absolute Gasteiger partial charge is 0.352 e. The molecule has 0 aliphatic heterocycles. The third-order valence-electron chi connectivity index (χ3n) is 5.04. The van der Waals surface area contributed by atoms with Gasteiger partial charge in [-0.05, 0) is 37.5 Å². The molecule has 0 saturated carbocycles. The van der Waals surface area contributed by atoms with Crippen LogP contribution >= 0.6 is 7.14 Å². The van der Waals surface area contributed by atoms with E-state index in [1.807, 2.05) is 85.8 Å². The van der Waals surface area contributed by atoms with E-state index in [2.05, 4.69) is 12.2 Å². The second kappa shape index (κ2) is 9.71. The Morgan fingerprint density at radius 1 is 0.862 bits per heavy atom. The molecule has 4 heteroatoms. The molecule has 0 spiro atoms. The van der Waals surface area contributed by atoms with E-state index in [0.717, 1.165) is 35.4 Å². The first kappa shape index (κ1) is 21.1. The molecule has 0 radical (unpaired) electrons. The molecule has 1 amide bonds. The summed E-state index contributed by atoms with van der Waals surface area (Å²) in [5.41, 5.74) is 1.60. The first-order chi connectivity index (χ1) is 14.1. The number of nitrogens with one attached hydrogen (secondary N) is 1. The van der Waals surface area contributed by atoms with E-state index >= 15 is 0 Å². The van der Waals surface area contributed by atoms with E-state index in [1.54, 1.807) is 0 Å². The minimum Gasteiger partial charge on any atom is -0.352 e. The Balaban J connectivity index is 2.28. The van der Waals surface area contributed by atoms with Gasteiger partial charge in [-0.15, -0.1) is 0 Å². The third kappa shape index (κ3) is 4.52.